The summed E-state index contributed by atoms with van der Waals surface area (Å²) in [5.74, 6) is 1.08. The summed E-state index contributed by atoms with van der Waals surface area (Å²) in [4.78, 5) is 12.8. The number of aromatic nitrogens is 4. The number of rotatable bonds is 3. The average molecular weight is 347 g/mol. The van der Waals surface area contributed by atoms with E-state index in [-0.39, 0.29) is 5.84 Å². The molecule has 0 radical (unpaired) electrons. The molecule has 4 aromatic rings. The van der Waals surface area contributed by atoms with Crippen molar-refractivity contribution in [3.8, 4) is 22.8 Å². The first kappa shape index (κ1) is 15.5. The molecule has 128 valence electrons. The van der Waals surface area contributed by atoms with Crippen LogP contribution in [0.5, 0.6) is 0 Å². The van der Waals surface area contributed by atoms with E-state index in [1.165, 1.54) is 0 Å². The Balaban J connectivity index is 1.74. The molecule has 5 N–H and O–H groups in total. The summed E-state index contributed by atoms with van der Waals surface area (Å²) >= 11 is 0. The second kappa shape index (κ2) is 6.13. The van der Waals surface area contributed by atoms with Gasteiger partial charge in [0.05, 0.1) is 5.56 Å². The van der Waals surface area contributed by atoms with E-state index in [1.807, 2.05) is 6.07 Å². The van der Waals surface area contributed by atoms with Crippen molar-refractivity contribution in [2.24, 2.45) is 10.9 Å². The van der Waals surface area contributed by atoms with Gasteiger partial charge in [-0.2, -0.15) is 4.98 Å². The van der Waals surface area contributed by atoms with E-state index in [0.717, 1.165) is 5.39 Å². The average Bonchev–Trinajstić information content (AvgIpc) is 3.18. The molecular weight excluding hydrogens is 334 g/mol. The zero-order chi connectivity index (χ0) is 18.1. The lowest BCUT2D eigenvalue weighted by atomic mass is 10.1. The first-order chi connectivity index (χ1) is 12.7. The van der Waals surface area contributed by atoms with Gasteiger partial charge in [0.1, 0.15) is 11.3 Å². The first-order valence-corrected chi connectivity index (χ1v) is 7.59. The van der Waals surface area contributed by atoms with Crippen LogP contribution in [0.3, 0.4) is 0 Å². The molecule has 0 bridgehead atoms. The van der Waals surface area contributed by atoms with E-state index in [9.17, 15) is 0 Å². The molecule has 0 amide bonds. The normalized spacial score (nSPS) is 11.8. The van der Waals surface area contributed by atoms with Crippen molar-refractivity contribution < 1.29 is 9.73 Å². The van der Waals surface area contributed by atoms with Gasteiger partial charge in [-0.25, -0.2) is 4.98 Å². The number of oxime groups is 1. The molecule has 0 aliphatic rings. The molecule has 0 saturated carbocycles. The van der Waals surface area contributed by atoms with Crippen LogP contribution in [0.2, 0.25) is 0 Å². The fourth-order valence-corrected chi connectivity index (χ4v) is 2.56. The molecule has 0 saturated heterocycles. The highest BCUT2D eigenvalue weighted by Crippen LogP contribution is 2.29. The van der Waals surface area contributed by atoms with E-state index < -0.39 is 0 Å². The third-order valence-electron chi connectivity index (χ3n) is 3.88. The lowest BCUT2D eigenvalue weighted by Gasteiger charge is -2.03. The Morgan fingerprint density at radius 2 is 1.92 bits per heavy atom. The third kappa shape index (κ3) is 2.57. The molecule has 3 aromatic heterocycles. The van der Waals surface area contributed by atoms with Crippen molar-refractivity contribution in [1.29, 1.82) is 0 Å². The molecule has 0 spiro atoms. The second-order valence-electron chi connectivity index (χ2n) is 5.44. The Labute approximate surface area is 147 Å². The maximum atomic E-state index is 8.71. The summed E-state index contributed by atoms with van der Waals surface area (Å²) in [5, 5.41) is 16.5. The summed E-state index contributed by atoms with van der Waals surface area (Å²) in [6.07, 6.45) is 3.24. The second-order valence-corrected chi connectivity index (χ2v) is 5.44. The Hall–Kier alpha value is -4.01. The van der Waals surface area contributed by atoms with Gasteiger partial charge in [-0.3, -0.25) is 4.98 Å². The molecule has 0 aliphatic heterocycles. The van der Waals surface area contributed by atoms with Crippen LogP contribution in [0, 0.1) is 0 Å². The number of hydrogen-bond donors (Lipinski definition) is 3. The van der Waals surface area contributed by atoms with Crippen LogP contribution >= 0.6 is 0 Å². The topological polar surface area (TPSA) is 149 Å². The van der Waals surface area contributed by atoms with Gasteiger partial charge in [0.2, 0.25) is 5.82 Å². The SMILES string of the molecule is N/C(=N\O)c1ccc(-c2nc(-c3cnc(N)c4ncccc34)no2)cc1. The van der Waals surface area contributed by atoms with E-state index in [1.54, 1.807) is 42.7 Å². The molecule has 0 unspecified atom stereocenters. The van der Waals surface area contributed by atoms with E-state index in [4.69, 9.17) is 21.2 Å². The summed E-state index contributed by atoms with van der Waals surface area (Å²) in [6, 6.07) is 10.5. The van der Waals surface area contributed by atoms with Crippen LogP contribution in [0.25, 0.3) is 33.7 Å². The molecule has 9 nitrogen and oxygen atoms in total. The summed E-state index contributed by atoms with van der Waals surface area (Å²) in [6.45, 7) is 0. The maximum absolute atomic E-state index is 8.71. The molecule has 4 rings (SSSR count). The van der Waals surface area contributed by atoms with Crippen LogP contribution in [0.1, 0.15) is 5.56 Å². The number of pyridine rings is 2. The first-order valence-electron chi connectivity index (χ1n) is 7.59. The Kier molecular flexibility index (Phi) is 3.66. The molecule has 3 heterocycles. The monoisotopic (exact) mass is 347 g/mol. The molecule has 0 atom stereocenters. The quantitative estimate of drug-likeness (QED) is 0.220. The van der Waals surface area contributed by atoms with Crippen LogP contribution in [-0.4, -0.2) is 31.2 Å². The number of benzene rings is 1. The number of nitrogen functional groups attached to an aromatic ring is 1. The van der Waals surface area contributed by atoms with Gasteiger partial charge in [-0.15, -0.1) is 0 Å². The van der Waals surface area contributed by atoms with Crippen LogP contribution in [-0.2, 0) is 0 Å². The highest BCUT2D eigenvalue weighted by atomic mass is 16.5. The fourth-order valence-electron chi connectivity index (χ4n) is 2.56. The minimum atomic E-state index is 0.0229. The van der Waals surface area contributed by atoms with Crippen molar-refractivity contribution in [2.75, 3.05) is 5.73 Å². The van der Waals surface area contributed by atoms with Gasteiger partial charge in [-0.05, 0) is 18.2 Å². The van der Waals surface area contributed by atoms with Crippen molar-refractivity contribution in [3.63, 3.8) is 0 Å². The van der Waals surface area contributed by atoms with Crippen LogP contribution in [0.4, 0.5) is 5.82 Å². The molecule has 0 aliphatic carbocycles. The highest BCUT2D eigenvalue weighted by molar-refractivity contribution is 5.98. The number of fused-ring (bicyclic) bond motifs is 1. The third-order valence-corrected chi connectivity index (χ3v) is 3.88. The lowest BCUT2D eigenvalue weighted by molar-refractivity contribution is 0.318. The zero-order valence-corrected chi connectivity index (χ0v) is 13.4. The van der Waals surface area contributed by atoms with E-state index >= 15 is 0 Å². The lowest BCUT2D eigenvalue weighted by Crippen LogP contribution is -2.12. The van der Waals surface area contributed by atoms with Crippen LogP contribution in [0.15, 0.2) is 58.5 Å². The predicted octanol–water partition coefficient (Wildman–Crippen LogP) is 2.02. The maximum Gasteiger partial charge on any atom is 0.258 e. The summed E-state index contributed by atoms with van der Waals surface area (Å²) in [5.41, 5.74) is 14.0. The largest absolute Gasteiger partial charge is 0.409 e. The zero-order valence-electron chi connectivity index (χ0n) is 13.4. The van der Waals surface area contributed by atoms with Gasteiger partial charge < -0.3 is 21.2 Å². The summed E-state index contributed by atoms with van der Waals surface area (Å²) < 4.78 is 5.36. The molecule has 1 aromatic carbocycles. The fraction of sp³-hybridized carbons (Fsp3) is 0. The Morgan fingerprint density at radius 3 is 2.69 bits per heavy atom. The number of hydrogen-bond acceptors (Lipinski definition) is 8. The van der Waals surface area contributed by atoms with Gasteiger partial charge in [-0.1, -0.05) is 28.5 Å². The van der Waals surface area contributed by atoms with Gasteiger partial charge in [0.15, 0.2) is 5.84 Å². The summed E-state index contributed by atoms with van der Waals surface area (Å²) in [7, 11) is 0. The number of nitrogens with two attached hydrogens (primary N) is 2. The van der Waals surface area contributed by atoms with Crippen LogP contribution < -0.4 is 11.5 Å². The van der Waals surface area contributed by atoms with Crippen molar-refractivity contribution in [2.45, 2.75) is 0 Å². The minimum absolute atomic E-state index is 0.0229. The van der Waals surface area contributed by atoms with E-state index in [0.29, 0.717) is 39.7 Å². The van der Waals surface area contributed by atoms with Crippen molar-refractivity contribution in [1.82, 2.24) is 20.1 Å². The predicted molar refractivity (Wildman–Crippen MR) is 95.2 cm³/mol. The van der Waals surface area contributed by atoms with Gasteiger partial charge in [0.25, 0.3) is 5.89 Å². The number of nitrogens with zero attached hydrogens (tertiary/aromatic N) is 5. The standard InChI is InChI=1S/C17H13N7O2/c18-14(23-25)9-3-5-10(6-4-9)17-22-16(24-26-17)12-8-21-15(19)13-11(12)2-1-7-20-13/h1-8,25H,(H2,18,23)(H2,19,21). The molecule has 26 heavy (non-hydrogen) atoms. The van der Waals surface area contributed by atoms with E-state index in [2.05, 4.69) is 25.3 Å². The van der Waals surface area contributed by atoms with Gasteiger partial charge in [0, 0.05) is 28.9 Å². The van der Waals surface area contributed by atoms with Crippen molar-refractivity contribution in [3.05, 3.63) is 54.4 Å². The Morgan fingerprint density at radius 1 is 1.12 bits per heavy atom. The number of amidine groups is 1. The minimum Gasteiger partial charge on any atom is -0.409 e. The highest BCUT2D eigenvalue weighted by Gasteiger charge is 2.15. The Bertz CT molecular complexity index is 1120. The molecule has 0 fully saturated rings. The molecule has 9 heteroatoms. The van der Waals surface area contributed by atoms with Crippen molar-refractivity contribution >= 4 is 22.6 Å². The van der Waals surface area contributed by atoms with Gasteiger partial charge >= 0.3 is 0 Å². The smallest absolute Gasteiger partial charge is 0.258 e. The molecular formula is C17H13N7O2. The number of anilines is 1.